The first-order valence-electron chi connectivity index (χ1n) is 26.5. The predicted molar refractivity (Wildman–Crippen MR) is 427 cm³/mol. The van der Waals surface area contributed by atoms with E-state index in [1.54, 1.807) is 0 Å². The second-order valence-corrected chi connectivity index (χ2v) is 48.5. The maximum Gasteiger partial charge on any atom is 0.0716 e. The van der Waals surface area contributed by atoms with Crippen molar-refractivity contribution in [2.24, 2.45) is 0 Å². The molecule has 0 amide bonds. The molecular formula is C58H52S24. The van der Waals surface area contributed by atoms with Crippen LogP contribution in [0.1, 0.15) is 118 Å². The number of hydrogen-bond acceptors (Lipinski definition) is 24. The van der Waals surface area contributed by atoms with Gasteiger partial charge in [0.1, 0.15) is 0 Å². The van der Waals surface area contributed by atoms with Crippen LogP contribution in [0.15, 0.2) is 125 Å². The summed E-state index contributed by atoms with van der Waals surface area (Å²) in [4.78, 5) is 10.7. The molecule has 4 aromatic heterocycles. The first-order valence-corrected chi connectivity index (χ1v) is 46.7. The van der Waals surface area contributed by atoms with Crippen molar-refractivity contribution in [1.29, 1.82) is 0 Å². The minimum atomic E-state index is 1.22. The van der Waals surface area contributed by atoms with E-state index in [1.165, 1.54) is 190 Å². The van der Waals surface area contributed by atoms with Crippen LogP contribution in [0.25, 0.3) is 48.6 Å². The highest BCUT2D eigenvalue weighted by molar-refractivity contribution is 8.50. The van der Waals surface area contributed by atoms with Crippen molar-refractivity contribution in [2.45, 2.75) is 79.1 Å². The first kappa shape index (κ1) is 64.5. The molecule has 12 rings (SSSR count). The Morgan fingerprint density at radius 2 is 0.402 bits per heavy atom. The van der Waals surface area contributed by atoms with Gasteiger partial charge in [0.05, 0.1) is 76.3 Å². The third kappa shape index (κ3) is 18.0. The van der Waals surface area contributed by atoms with Gasteiger partial charge in [-0.15, -0.1) is 92.4 Å². The van der Waals surface area contributed by atoms with Crippen molar-refractivity contribution >= 4 is 329 Å². The molecule has 8 aliphatic heterocycles. The molecule has 12 heterocycles. The molecule has 8 aliphatic rings. The normalized spacial score (nSPS) is 18.8. The second-order valence-electron chi connectivity index (χ2n) is 18.0. The Hall–Kier alpha value is 2.42. The van der Waals surface area contributed by atoms with Crippen molar-refractivity contribution in [3.05, 3.63) is 164 Å². The van der Waals surface area contributed by atoms with E-state index in [1.807, 2.05) is 234 Å². The molecular weight excluding hydrogens is 1470 g/mol. The Kier molecular flexibility index (Phi) is 25.4. The molecule has 0 radical (unpaired) electrons. The number of unbranched alkanes of at least 4 members (excludes halogenated alkanes) is 4. The van der Waals surface area contributed by atoms with Crippen LogP contribution >= 0.6 is 281 Å². The number of thioether (sulfide) groups is 20. The van der Waals surface area contributed by atoms with Gasteiger partial charge in [-0.1, -0.05) is 242 Å². The van der Waals surface area contributed by atoms with E-state index in [2.05, 4.69) is 172 Å². The Balaban J connectivity index is 0.570. The summed E-state index contributed by atoms with van der Waals surface area (Å²) in [6, 6.07) is 18.4. The van der Waals surface area contributed by atoms with E-state index in [-0.39, 0.29) is 0 Å². The minimum absolute atomic E-state index is 1.22. The van der Waals surface area contributed by atoms with Gasteiger partial charge in [0.15, 0.2) is 0 Å². The van der Waals surface area contributed by atoms with Crippen LogP contribution in [-0.4, -0.2) is 23.0 Å². The smallest absolute Gasteiger partial charge is 0.0716 e. The Morgan fingerprint density at radius 1 is 0.244 bits per heavy atom. The summed E-state index contributed by atoms with van der Waals surface area (Å²) in [5.41, 5.74) is 0. The lowest BCUT2D eigenvalue weighted by molar-refractivity contribution is 0.897. The monoisotopic (exact) mass is 1520 g/mol. The molecule has 0 bridgehead atoms. The lowest BCUT2D eigenvalue weighted by Crippen LogP contribution is -1.80. The fraction of sp³-hybridized carbons (Fsp3) is 0.276. The van der Waals surface area contributed by atoms with Gasteiger partial charge in [-0.25, -0.2) is 0 Å². The molecule has 4 aromatic rings. The van der Waals surface area contributed by atoms with Gasteiger partial charge in [0, 0.05) is 39.0 Å². The van der Waals surface area contributed by atoms with E-state index in [4.69, 9.17) is 0 Å². The van der Waals surface area contributed by atoms with Gasteiger partial charge in [-0.05, 0) is 146 Å². The van der Waals surface area contributed by atoms with Crippen LogP contribution in [0.3, 0.4) is 0 Å². The molecule has 0 atom stereocenters. The molecule has 0 saturated carbocycles. The summed E-state index contributed by atoms with van der Waals surface area (Å²) in [7, 11) is 0. The molecule has 0 nitrogen and oxygen atoms in total. The third-order valence-electron chi connectivity index (χ3n) is 11.5. The van der Waals surface area contributed by atoms with Gasteiger partial charge in [0.25, 0.3) is 0 Å². The maximum absolute atomic E-state index is 2.41. The third-order valence-corrected chi connectivity index (χ3v) is 42.6. The van der Waals surface area contributed by atoms with Crippen molar-refractivity contribution in [1.82, 2.24) is 0 Å². The zero-order valence-corrected chi connectivity index (χ0v) is 64.1. The highest BCUT2D eigenvalue weighted by Crippen LogP contribution is 2.70. The summed E-state index contributed by atoms with van der Waals surface area (Å²) in [6.45, 7) is 9.15. The van der Waals surface area contributed by atoms with Gasteiger partial charge < -0.3 is 0 Å². The zero-order chi connectivity index (χ0) is 55.8. The standard InChI is InChI=1S/C58H52S24/c1-5-9-21-59-49-50(60-22-10-6-2)68-41(67-49)25-33-13-15-35(63-33)27-43-71-53-54(72-43)76-45(75-53)29-37-17-19-39(65-37)31-47-79-57-58(80-47)82-48(81-57)32-40-20-18-38(66-40)30-46-77-55-56(78-46)74-44(73-55)28-36-16-14-34(64-36)26-42-69-51(61-23-11-7-3)52(70-42)62-24-12-8-4/h13-20,25-32H,5-12,21-24H2,1-4H3. The van der Waals surface area contributed by atoms with Gasteiger partial charge in [-0.3, -0.25) is 0 Å². The molecule has 0 fully saturated rings. The van der Waals surface area contributed by atoms with Crippen LogP contribution in [0.4, 0.5) is 0 Å². The molecule has 82 heavy (non-hydrogen) atoms. The summed E-state index contributed by atoms with van der Waals surface area (Å²) in [6.07, 6.45) is 29.4. The Bertz CT molecular complexity index is 3150. The van der Waals surface area contributed by atoms with Crippen LogP contribution in [-0.2, 0) is 0 Å². The van der Waals surface area contributed by atoms with E-state index in [0.717, 1.165) is 0 Å². The summed E-state index contributed by atoms with van der Waals surface area (Å²) < 4.78 is 25.8. The van der Waals surface area contributed by atoms with E-state index < -0.39 is 0 Å². The van der Waals surface area contributed by atoms with Gasteiger partial charge in [-0.2, -0.15) is 0 Å². The predicted octanol–water partition coefficient (Wildman–Crippen LogP) is 30.0. The van der Waals surface area contributed by atoms with E-state index in [9.17, 15) is 0 Å². The van der Waals surface area contributed by atoms with Crippen LogP contribution in [0.2, 0.25) is 0 Å². The maximum atomic E-state index is 2.41. The van der Waals surface area contributed by atoms with Crippen LogP contribution in [0.5, 0.6) is 0 Å². The second kappa shape index (κ2) is 32.3. The summed E-state index contributed by atoms with van der Waals surface area (Å²) in [5.74, 6) is 4.88. The van der Waals surface area contributed by atoms with E-state index >= 15 is 0 Å². The fourth-order valence-corrected chi connectivity index (χ4v) is 43.0. The largest absolute Gasteiger partial charge is 0.136 e. The number of thiophene rings is 4. The lowest BCUT2D eigenvalue weighted by Gasteiger charge is -2.03. The van der Waals surface area contributed by atoms with Gasteiger partial charge in [0.2, 0.25) is 0 Å². The molecule has 0 saturated heterocycles. The van der Waals surface area contributed by atoms with Crippen molar-refractivity contribution < 1.29 is 0 Å². The number of rotatable bonds is 24. The quantitative estimate of drug-likeness (QED) is 0.0611. The Morgan fingerprint density at radius 3 is 0.561 bits per heavy atom. The van der Waals surface area contributed by atoms with Crippen molar-refractivity contribution in [2.75, 3.05) is 23.0 Å². The van der Waals surface area contributed by atoms with Crippen molar-refractivity contribution in [3.63, 3.8) is 0 Å². The molecule has 0 N–H and O–H groups in total. The molecule has 0 unspecified atom stereocenters. The molecule has 428 valence electrons. The average Bonchev–Trinajstić information content (AvgIpc) is 4.44. The molecule has 0 aromatic carbocycles. The first-order chi connectivity index (χ1) is 40.3. The van der Waals surface area contributed by atoms with E-state index in [0.29, 0.717) is 0 Å². The average molecular weight is 1520 g/mol. The molecule has 0 spiro atoms. The zero-order valence-electron chi connectivity index (χ0n) is 44.5. The van der Waals surface area contributed by atoms with Crippen molar-refractivity contribution in [3.8, 4) is 0 Å². The van der Waals surface area contributed by atoms with Gasteiger partial charge >= 0.3 is 0 Å². The summed E-state index contributed by atoms with van der Waals surface area (Å²) in [5, 5.41) is 0. The SMILES string of the molecule is CCCCSC1=C(SCCCC)SC(=Cc2ccc(C=C3SC4=C(S3)SC(=Cc3ccc(C=C5SC6=C(S5)SC(=Cc5ccc(C=C7SC8=C(SC(=Cc9ccc(C=C%10SC(SCCCC)=C(SCCCC)S%10)s9)S8)S7)s5)S6)s3)S4)s2)S1. The highest BCUT2D eigenvalue weighted by Gasteiger charge is 2.33. The summed E-state index contributed by atoms with van der Waals surface area (Å²) >= 11 is 47.1. The number of hydrogen-bond donors (Lipinski definition) is 0. The van der Waals surface area contributed by atoms with Crippen LogP contribution in [0, 0.1) is 0 Å². The topological polar surface area (TPSA) is 0 Å². The molecule has 0 aliphatic carbocycles. The Labute approximate surface area is 586 Å². The lowest BCUT2D eigenvalue weighted by atomic mass is 10.4. The fourth-order valence-electron chi connectivity index (χ4n) is 7.51. The molecule has 24 heteroatoms. The highest BCUT2D eigenvalue weighted by atomic mass is 32.3. The minimum Gasteiger partial charge on any atom is -0.136 e. The van der Waals surface area contributed by atoms with Crippen LogP contribution < -0.4 is 0 Å².